The molecule has 1 aromatic heterocycles. The fraction of sp³-hybridized carbons (Fsp3) is 0.200. The van der Waals surface area contributed by atoms with Gasteiger partial charge < -0.3 is 10.1 Å². The standard InChI is InChI=1S/C15H16N2O2/c1-19-14(12-7-3-2-4-8-12)15(18)17-11-13-9-5-6-10-16-13/h2-10,14H,11H2,1H3,(H,17,18)/t14-/m1/s1. The lowest BCUT2D eigenvalue weighted by atomic mass is 10.1. The van der Waals surface area contributed by atoms with Gasteiger partial charge in [-0.1, -0.05) is 36.4 Å². The molecule has 19 heavy (non-hydrogen) atoms. The van der Waals surface area contributed by atoms with E-state index in [1.807, 2.05) is 48.5 Å². The molecule has 2 aromatic rings. The molecule has 0 aliphatic heterocycles. The Hall–Kier alpha value is -2.20. The van der Waals surface area contributed by atoms with Crippen molar-refractivity contribution in [1.82, 2.24) is 10.3 Å². The molecule has 0 unspecified atom stereocenters. The highest BCUT2D eigenvalue weighted by Crippen LogP contribution is 2.16. The van der Waals surface area contributed by atoms with Gasteiger partial charge in [-0.25, -0.2) is 0 Å². The summed E-state index contributed by atoms with van der Waals surface area (Å²) in [5.41, 5.74) is 1.65. The lowest BCUT2D eigenvalue weighted by Gasteiger charge is -2.15. The monoisotopic (exact) mass is 256 g/mol. The Kier molecular flexibility index (Phi) is 4.64. The molecule has 0 fully saturated rings. The highest BCUT2D eigenvalue weighted by Gasteiger charge is 2.19. The van der Waals surface area contributed by atoms with Crippen molar-refractivity contribution in [2.24, 2.45) is 0 Å². The maximum atomic E-state index is 12.1. The van der Waals surface area contributed by atoms with Gasteiger partial charge in [-0.3, -0.25) is 9.78 Å². The van der Waals surface area contributed by atoms with Gasteiger partial charge in [0.15, 0.2) is 6.10 Å². The summed E-state index contributed by atoms with van der Waals surface area (Å²) in [5.74, 6) is -0.167. The van der Waals surface area contributed by atoms with E-state index in [0.29, 0.717) is 6.54 Å². The predicted octanol–water partition coefficient (Wildman–Crippen LogP) is 2.09. The Morgan fingerprint density at radius 2 is 1.95 bits per heavy atom. The van der Waals surface area contributed by atoms with Crippen molar-refractivity contribution in [3.63, 3.8) is 0 Å². The average Bonchev–Trinajstić information content (AvgIpc) is 2.48. The first kappa shape index (κ1) is 13.2. The molecule has 1 atom stereocenters. The predicted molar refractivity (Wildman–Crippen MR) is 72.3 cm³/mol. The van der Waals surface area contributed by atoms with Gasteiger partial charge in [0.05, 0.1) is 12.2 Å². The number of hydrogen-bond acceptors (Lipinski definition) is 3. The number of benzene rings is 1. The van der Waals surface area contributed by atoms with Gasteiger partial charge in [-0.15, -0.1) is 0 Å². The highest BCUT2D eigenvalue weighted by atomic mass is 16.5. The van der Waals surface area contributed by atoms with Gasteiger partial charge >= 0.3 is 0 Å². The number of ether oxygens (including phenoxy) is 1. The minimum absolute atomic E-state index is 0.167. The van der Waals surface area contributed by atoms with Crippen molar-refractivity contribution in [3.05, 3.63) is 66.0 Å². The SMILES string of the molecule is CO[C@@H](C(=O)NCc1ccccn1)c1ccccc1. The van der Waals surface area contributed by atoms with Crippen LogP contribution in [0.2, 0.25) is 0 Å². The normalized spacial score (nSPS) is 11.8. The number of methoxy groups -OCH3 is 1. The molecule has 0 aliphatic carbocycles. The van der Waals surface area contributed by atoms with Crippen LogP contribution in [0.3, 0.4) is 0 Å². The van der Waals surface area contributed by atoms with Gasteiger partial charge in [0, 0.05) is 13.3 Å². The lowest BCUT2D eigenvalue weighted by molar-refractivity contribution is -0.131. The van der Waals surface area contributed by atoms with Crippen molar-refractivity contribution in [3.8, 4) is 0 Å². The summed E-state index contributed by atoms with van der Waals surface area (Å²) in [5, 5.41) is 2.82. The van der Waals surface area contributed by atoms with E-state index in [1.165, 1.54) is 7.11 Å². The Morgan fingerprint density at radius 3 is 2.58 bits per heavy atom. The molecule has 0 spiro atoms. The molecule has 0 saturated heterocycles. The number of nitrogens with zero attached hydrogens (tertiary/aromatic N) is 1. The van der Waals surface area contributed by atoms with Crippen molar-refractivity contribution in [2.75, 3.05) is 7.11 Å². The fourth-order valence-corrected chi connectivity index (χ4v) is 1.80. The zero-order valence-electron chi connectivity index (χ0n) is 10.7. The van der Waals surface area contributed by atoms with Gasteiger partial charge in [0.2, 0.25) is 0 Å². The minimum Gasteiger partial charge on any atom is -0.367 e. The number of carbonyl (C=O) groups is 1. The quantitative estimate of drug-likeness (QED) is 0.891. The van der Waals surface area contributed by atoms with Crippen LogP contribution in [-0.2, 0) is 16.1 Å². The average molecular weight is 256 g/mol. The first-order valence-electron chi connectivity index (χ1n) is 6.06. The molecule has 1 N–H and O–H groups in total. The fourth-order valence-electron chi connectivity index (χ4n) is 1.80. The summed E-state index contributed by atoms with van der Waals surface area (Å²) >= 11 is 0. The first-order valence-corrected chi connectivity index (χ1v) is 6.06. The van der Waals surface area contributed by atoms with E-state index in [0.717, 1.165) is 11.3 Å². The van der Waals surface area contributed by atoms with E-state index in [4.69, 9.17) is 4.74 Å². The van der Waals surface area contributed by atoms with Gasteiger partial charge in [-0.2, -0.15) is 0 Å². The van der Waals surface area contributed by atoms with Gasteiger partial charge in [0.25, 0.3) is 5.91 Å². The van der Waals surface area contributed by atoms with Gasteiger partial charge in [0.1, 0.15) is 0 Å². The van der Waals surface area contributed by atoms with E-state index >= 15 is 0 Å². The topological polar surface area (TPSA) is 51.2 Å². The second-order valence-electron chi connectivity index (χ2n) is 4.07. The largest absolute Gasteiger partial charge is 0.367 e. The maximum Gasteiger partial charge on any atom is 0.254 e. The van der Waals surface area contributed by atoms with E-state index in [-0.39, 0.29) is 5.91 Å². The zero-order chi connectivity index (χ0) is 13.5. The molecule has 98 valence electrons. The Labute approximate surface area is 112 Å². The molecule has 1 amide bonds. The first-order chi connectivity index (χ1) is 9.31. The van der Waals surface area contributed by atoms with Crippen LogP contribution in [0, 0.1) is 0 Å². The van der Waals surface area contributed by atoms with E-state index in [1.54, 1.807) is 6.20 Å². The molecule has 0 saturated carbocycles. The Bertz CT molecular complexity index is 514. The number of carbonyl (C=O) groups excluding carboxylic acids is 1. The number of pyridine rings is 1. The zero-order valence-corrected chi connectivity index (χ0v) is 10.7. The third-order valence-corrected chi connectivity index (χ3v) is 2.75. The lowest BCUT2D eigenvalue weighted by Crippen LogP contribution is -2.30. The van der Waals surface area contributed by atoms with Crippen molar-refractivity contribution in [2.45, 2.75) is 12.6 Å². The van der Waals surface area contributed by atoms with Crippen LogP contribution in [0.25, 0.3) is 0 Å². The summed E-state index contributed by atoms with van der Waals surface area (Å²) in [4.78, 5) is 16.2. The highest BCUT2D eigenvalue weighted by molar-refractivity contribution is 5.82. The van der Waals surface area contributed by atoms with Crippen LogP contribution in [-0.4, -0.2) is 18.0 Å². The number of hydrogen-bond donors (Lipinski definition) is 1. The van der Waals surface area contributed by atoms with Crippen LogP contribution in [0.5, 0.6) is 0 Å². The molecule has 2 rings (SSSR count). The van der Waals surface area contributed by atoms with Crippen LogP contribution >= 0.6 is 0 Å². The second-order valence-corrected chi connectivity index (χ2v) is 4.07. The summed E-state index contributed by atoms with van der Waals surface area (Å²) in [6.07, 6.45) is 1.11. The molecule has 1 heterocycles. The number of rotatable bonds is 5. The Morgan fingerprint density at radius 1 is 1.21 bits per heavy atom. The number of amides is 1. The van der Waals surface area contributed by atoms with E-state index in [9.17, 15) is 4.79 Å². The second kappa shape index (κ2) is 6.66. The smallest absolute Gasteiger partial charge is 0.254 e. The summed E-state index contributed by atoms with van der Waals surface area (Å²) in [7, 11) is 1.53. The molecular formula is C15H16N2O2. The van der Waals surface area contributed by atoms with Crippen LogP contribution in [0.1, 0.15) is 17.4 Å². The van der Waals surface area contributed by atoms with Crippen LogP contribution in [0.4, 0.5) is 0 Å². The van der Waals surface area contributed by atoms with Crippen molar-refractivity contribution >= 4 is 5.91 Å². The molecule has 4 heteroatoms. The van der Waals surface area contributed by atoms with Crippen LogP contribution in [0.15, 0.2) is 54.7 Å². The molecule has 0 radical (unpaired) electrons. The van der Waals surface area contributed by atoms with E-state index < -0.39 is 6.10 Å². The summed E-state index contributed by atoms with van der Waals surface area (Å²) < 4.78 is 5.25. The molecule has 4 nitrogen and oxygen atoms in total. The molecule has 0 bridgehead atoms. The third kappa shape index (κ3) is 3.63. The van der Waals surface area contributed by atoms with Crippen molar-refractivity contribution < 1.29 is 9.53 Å². The number of nitrogens with one attached hydrogen (secondary N) is 1. The Balaban J connectivity index is 1.98. The van der Waals surface area contributed by atoms with Gasteiger partial charge in [-0.05, 0) is 17.7 Å². The summed E-state index contributed by atoms with van der Waals surface area (Å²) in [6, 6.07) is 15.0. The molecule has 0 aliphatic rings. The molecule has 1 aromatic carbocycles. The molecular weight excluding hydrogens is 240 g/mol. The van der Waals surface area contributed by atoms with Crippen LogP contribution < -0.4 is 5.32 Å². The maximum absolute atomic E-state index is 12.1. The van der Waals surface area contributed by atoms with E-state index in [2.05, 4.69) is 10.3 Å². The number of aromatic nitrogens is 1. The third-order valence-electron chi connectivity index (χ3n) is 2.75. The minimum atomic E-state index is -0.593. The van der Waals surface area contributed by atoms with Crippen molar-refractivity contribution in [1.29, 1.82) is 0 Å². The summed E-state index contributed by atoms with van der Waals surface area (Å²) in [6.45, 7) is 0.395.